The highest BCUT2D eigenvalue weighted by atomic mass is 32.2. The Labute approximate surface area is 132 Å². The Morgan fingerprint density at radius 2 is 1.91 bits per heavy atom. The van der Waals surface area contributed by atoms with Gasteiger partial charge in [-0.05, 0) is 31.0 Å². The Kier molecular flexibility index (Phi) is 4.84. The fraction of sp³-hybridized carbons (Fsp3) is 0.357. The van der Waals surface area contributed by atoms with E-state index in [-0.39, 0.29) is 10.0 Å². The standard InChI is InChI=1S/C14H17FN2O3S2/c1-4-12-13(21-14(18)16-12)22(19,20)17(3)9(2)10-5-7-11(15)8-6-10/h5-9H,4H2,1-3H3,(H,16,18)/t9-/m0/s1. The number of aromatic nitrogens is 1. The molecule has 0 bridgehead atoms. The highest BCUT2D eigenvalue weighted by Gasteiger charge is 2.30. The van der Waals surface area contributed by atoms with Crippen LogP contribution in [0.25, 0.3) is 0 Å². The molecule has 0 unspecified atom stereocenters. The van der Waals surface area contributed by atoms with Crippen LogP contribution in [-0.4, -0.2) is 24.8 Å². The second-order valence-corrected chi connectivity index (χ2v) is 8.06. The van der Waals surface area contributed by atoms with E-state index in [9.17, 15) is 17.6 Å². The van der Waals surface area contributed by atoms with Gasteiger partial charge in [0.15, 0.2) is 4.21 Å². The van der Waals surface area contributed by atoms with Crippen molar-refractivity contribution in [2.45, 2.75) is 30.5 Å². The third-order valence-corrected chi connectivity index (χ3v) is 6.94. The Hall–Kier alpha value is -1.51. The van der Waals surface area contributed by atoms with Crippen LogP contribution in [0.5, 0.6) is 0 Å². The number of hydrogen-bond acceptors (Lipinski definition) is 4. The summed E-state index contributed by atoms with van der Waals surface area (Å²) < 4.78 is 39.6. The summed E-state index contributed by atoms with van der Waals surface area (Å²) in [4.78, 5) is 13.6. The van der Waals surface area contributed by atoms with Crippen LogP contribution in [0.15, 0.2) is 33.3 Å². The fourth-order valence-electron chi connectivity index (χ4n) is 2.08. The number of nitrogens with zero attached hydrogens (tertiary/aromatic N) is 1. The first kappa shape index (κ1) is 16.9. The van der Waals surface area contributed by atoms with Crippen LogP contribution in [0.4, 0.5) is 4.39 Å². The highest BCUT2D eigenvalue weighted by molar-refractivity contribution is 7.91. The molecule has 1 aromatic carbocycles. The first-order valence-electron chi connectivity index (χ1n) is 6.72. The minimum absolute atomic E-state index is 0.0384. The smallest absolute Gasteiger partial charge is 0.306 e. The minimum atomic E-state index is -3.79. The predicted molar refractivity (Wildman–Crippen MR) is 84.1 cm³/mol. The zero-order valence-corrected chi connectivity index (χ0v) is 14.1. The molecule has 0 fully saturated rings. The van der Waals surface area contributed by atoms with E-state index in [2.05, 4.69) is 4.98 Å². The molecule has 5 nitrogen and oxygen atoms in total. The van der Waals surface area contributed by atoms with Crippen molar-refractivity contribution in [3.63, 3.8) is 0 Å². The minimum Gasteiger partial charge on any atom is -0.315 e. The SMILES string of the molecule is CCc1[nH]c(=O)sc1S(=O)(=O)N(C)[C@@H](C)c1ccc(F)cc1. The molecule has 0 spiro atoms. The van der Waals surface area contributed by atoms with Gasteiger partial charge in [0, 0.05) is 18.8 Å². The van der Waals surface area contributed by atoms with Crippen LogP contribution < -0.4 is 4.87 Å². The van der Waals surface area contributed by atoms with E-state index in [1.165, 1.54) is 23.5 Å². The van der Waals surface area contributed by atoms with Crippen LogP contribution >= 0.6 is 11.3 Å². The highest BCUT2D eigenvalue weighted by Crippen LogP contribution is 2.28. The molecule has 0 aliphatic heterocycles. The summed E-state index contributed by atoms with van der Waals surface area (Å²) >= 11 is 0.689. The number of nitrogens with one attached hydrogen (secondary N) is 1. The van der Waals surface area contributed by atoms with E-state index in [1.54, 1.807) is 26.0 Å². The van der Waals surface area contributed by atoms with Gasteiger partial charge in [-0.25, -0.2) is 12.8 Å². The number of aromatic amines is 1. The van der Waals surface area contributed by atoms with Gasteiger partial charge < -0.3 is 4.98 Å². The molecule has 8 heteroatoms. The van der Waals surface area contributed by atoms with Gasteiger partial charge in [0.25, 0.3) is 10.0 Å². The van der Waals surface area contributed by atoms with E-state index in [0.717, 1.165) is 0 Å². The van der Waals surface area contributed by atoms with Crippen molar-refractivity contribution in [2.24, 2.45) is 0 Å². The Bertz CT molecular complexity index is 809. The number of benzene rings is 1. The lowest BCUT2D eigenvalue weighted by Gasteiger charge is -2.24. The molecular weight excluding hydrogens is 327 g/mol. The molecule has 1 aromatic heterocycles. The molecule has 120 valence electrons. The normalized spacial score (nSPS) is 13.5. The predicted octanol–water partition coefficient (Wildman–Crippen LogP) is 2.52. The number of H-pyrrole nitrogens is 1. The van der Waals surface area contributed by atoms with E-state index in [0.29, 0.717) is 29.0 Å². The molecule has 1 N–H and O–H groups in total. The topological polar surface area (TPSA) is 70.2 Å². The molecule has 0 saturated carbocycles. The molecule has 1 heterocycles. The summed E-state index contributed by atoms with van der Waals surface area (Å²) in [6.07, 6.45) is 0.423. The van der Waals surface area contributed by atoms with Crippen LogP contribution in [0, 0.1) is 5.82 Å². The summed E-state index contributed by atoms with van der Waals surface area (Å²) in [6, 6.07) is 5.20. The second-order valence-electron chi connectivity index (χ2n) is 4.88. The molecule has 0 radical (unpaired) electrons. The van der Waals surface area contributed by atoms with Gasteiger partial charge in [0.2, 0.25) is 0 Å². The van der Waals surface area contributed by atoms with Gasteiger partial charge in [-0.15, -0.1) is 0 Å². The van der Waals surface area contributed by atoms with E-state index in [4.69, 9.17) is 0 Å². The maximum absolute atomic E-state index is 13.0. The lowest BCUT2D eigenvalue weighted by Crippen LogP contribution is -2.30. The van der Waals surface area contributed by atoms with Gasteiger partial charge in [-0.3, -0.25) is 4.79 Å². The second kappa shape index (κ2) is 6.31. The number of hydrogen-bond donors (Lipinski definition) is 1. The lowest BCUT2D eigenvalue weighted by atomic mass is 10.1. The van der Waals surface area contributed by atoms with Crippen molar-refractivity contribution in [1.82, 2.24) is 9.29 Å². The molecule has 0 aliphatic carbocycles. The lowest BCUT2D eigenvalue weighted by molar-refractivity contribution is 0.399. The Morgan fingerprint density at radius 3 is 2.45 bits per heavy atom. The van der Waals surface area contributed by atoms with Crippen molar-refractivity contribution in [1.29, 1.82) is 0 Å². The van der Waals surface area contributed by atoms with Gasteiger partial charge in [-0.1, -0.05) is 30.4 Å². The summed E-state index contributed by atoms with van der Waals surface area (Å²) in [5.74, 6) is -0.376. The largest absolute Gasteiger partial charge is 0.315 e. The quantitative estimate of drug-likeness (QED) is 0.906. The van der Waals surface area contributed by atoms with Gasteiger partial charge in [0.1, 0.15) is 5.82 Å². The van der Waals surface area contributed by atoms with Crippen molar-refractivity contribution in [3.8, 4) is 0 Å². The molecule has 22 heavy (non-hydrogen) atoms. The molecule has 0 saturated heterocycles. The van der Waals surface area contributed by atoms with Crippen molar-refractivity contribution in [3.05, 3.63) is 51.0 Å². The third kappa shape index (κ3) is 3.13. The molecule has 2 rings (SSSR count). The van der Waals surface area contributed by atoms with Crippen molar-refractivity contribution < 1.29 is 12.8 Å². The zero-order chi connectivity index (χ0) is 16.5. The third-order valence-electron chi connectivity index (χ3n) is 3.55. The van der Waals surface area contributed by atoms with Gasteiger partial charge in [-0.2, -0.15) is 4.31 Å². The average Bonchev–Trinajstić information content (AvgIpc) is 2.88. The maximum Gasteiger partial charge on any atom is 0.306 e. The number of sulfonamides is 1. The van der Waals surface area contributed by atoms with E-state index < -0.39 is 20.9 Å². The maximum atomic E-state index is 13.0. The van der Waals surface area contributed by atoms with E-state index >= 15 is 0 Å². The number of aryl methyl sites for hydroxylation is 1. The van der Waals surface area contributed by atoms with Crippen LogP contribution in [0.2, 0.25) is 0 Å². The summed E-state index contributed by atoms with van der Waals surface area (Å²) in [6.45, 7) is 3.49. The molecule has 0 aliphatic rings. The average molecular weight is 344 g/mol. The van der Waals surface area contributed by atoms with Crippen LogP contribution in [0.1, 0.15) is 31.1 Å². The van der Waals surface area contributed by atoms with E-state index in [1.807, 2.05) is 0 Å². The van der Waals surface area contributed by atoms with Gasteiger partial charge >= 0.3 is 4.87 Å². The number of halogens is 1. The Morgan fingerprint density at radius 1 is 1.32 bits per heavy atom. The number of thiazole rings is 1. The van der Waals surface area contributed by atoms with Crippen LogP contribution in [-0.2, 0) is 16.4 Å². The molecular formula is C14H17FN2O3S2. The molecule has 0 amide bonds. The molecule has 2 aromatic rings. The fourth-order valence-corrected chi connectivity index (χ4v) is 5.05. The summed E-state index contributed by atoms with van der Waals surface area (Å²) in [5.41, 5.74) is 1.08. The summed E-state index contributed by atoms with van der Waals surface area (Å²) in [5, 5.41) is 0. The van der Waals surface area contributed by atoms with Crippen LogP contribution in [0.3, 0.4) is 0 Å². The zero-order valence-electron chi connectivity index (χ0n) is 12.5. The van der Waals surface area contributed by atoms with Crippen molar-refractivity contribution in [2.75, 3.05) is 7.05 Å². The first-order valence-corrected chi connectivity index (χ1v) is 8.98. The van der Waals surface area contributed by atoms with Crippen molar-refractivity contribution >= 4 is 21.4 Å². The number of rotatable bonds is 5. The summed E-state index contributed by atoms with van der Waals surface area (Å²) in [7, 11) is -2.34. The monoisotopic (exact) mass is 344 g/mol. The molecule has 1 atom stereocenters. The first-order chi connectivity index (χ1) is 10.3. The Balaban J connectivity index is 2.40. The van der Waals surface area contributed by atoms with Gasteiger partial charge in [0.05, 0.1) is 0 Å².